The molecule has 0 saturated carbocycles. The number of imidazole rings is 1. The number of aromatic nitrogens is 2. The van der Waals surface area contributed by atoms with Crippen molar-refractivity contribution >= 4 is 11.6 Å². The fraction of sp³-hybridized carbons (Fsp3) is 0.238. The van der Waals surface area contributed by atoms with Crippen LogP contribution in [0, 0.1) is 5.82 Å². The number of likely N-dealkylation sites (tertiary alicyclic amines) is 1. The number of piperidine rings is 1. The van der Waals surface area contributed by atoms with Crippen molar-refractivity contribution in [1.82, 2.24) is 14.9 Å². The van der Waals surface area contributed by atoms with Crippen molar-refractivity contribution in [1.29, 1.82) is 0 Å². The number of hydrogen-bond acceptors (Lipinski definition) is 3. The summed E-state index contributed by atoms with van der Waals surface area (Å²) in [5, 5.41) is 3.40. The smallest absolute Gasteiger partial charge is 0.272 e. The number of rotatable bonds is 4. The Bertz CT molecular complexity index is 907. The SMILES string of the molecule is O=C(c1[nH]cnc1-c1ccccc1)N1CCCC(Nc2ccc(F)cc2)C1. The second kappa shape index (κ2) is 7.61. The van der Waals surface area contributed by atoms with Crippen molar-refractivity contribution in [3.63, 3.8) is 0 Å². The van der Waals surface area contributed by atoms with Crippen LogP contribution in [-0.4, -0.2) is 39.9 Å². The third kappa shape index (κ3) is 3.84. The first-order valence-corrected chi connectivity index (χ1v) is 9.11. The molecule has 0 spiro atoms. The van der Waals surface area contributed by atoms with E-state index in [4.69, 9.17) is 0 Å². The number of anilines is 1. The van der Waals surface area contributed by atoms with E-state index in [0.29, 0.717) is 24.5 Å². The lowest BCUT2D eigenvalue weighted by atomic mass is 10.0. The molecule has 0 bridgehead atoms. The second-order valence-corrected chi connectivity index (χ2v) is 6.73. The van der Waals surface area contributed by atoms with Crippen molar-refractivity contribution in [2.24, 2.45) is 0 Å². The van der Waals surface area contributed by atoms with Gasteiger partial charge in [-0.25, -0.2) is 9.37 Å². The highest BCUT2D eigenvalue weighted by atomic mass is 19.1. The van der Waals surface area contributed by atoms with Crippen LogP contribution >= 0.6 is 0 Å². The molecule has 2 N–H and O–H groups in total. The van der Waals surface area contributed by atoms with Gasteiger partial charge < -0.3 is 15.2 Å². The van der Waals surface area contributed by atoms with Gasteiger partial charge in [0.1, 0.15) is 17.2 Å². The number of nitrogens with one attached hydrogen (secondary N) is 2. The van der Waals surface area contributed by atoms with Gasteiger partial charge in [-0.2, -0.15) is 0 Å². The monoisotopic (exact) mass is 364 g/mol. The minimum atomic E-state index is -0.256. The number of amides is 1. The van der Waals surface area contributed by atoms with E-state index in [1.165, 1.54) is 12.1 Å². The molecule has 1 saturated heterocycles. The molecule has 2 aromatic carbocycles. The average molecular weight is 364 g/mol. The van der Waals surface area contributed by atoms with Crippen molar-refractivity contribution in [2.75, 3.05) is 18.4 Å². The molecule has 1 atom stereocenters. The molecule has 1 aliphatic heterocycles. The van der Waals surface area contributed by atoms with Gasteiger partial charge in [0.25, 0.3) is 5.91 Å². The zero-order valence-corrected chi connectivity index (χ0v) is 14.9. The highest BCUT2D eigenvalue weighted by Crippen LogP contribution is 2.23. The van der Waals surface area contributed by atoms with Crippen molar-refractivity contribution in [3.8, 4) is 11.3 Å². The largest absolute Gasteiger partial charge is 0.381 e. The Hall–Kier alpha value is -3.15. The van der Waals surface area contributed by atoms with E-state index in [1.54, 1.807) is 18.5 Å². The Labute approximate surface area is 157 Å². The van der Waals surface area contributed by atoms with Gasteiger partial charge in [0, 0.05) is 30.4 Å². The zero-order chi connectivity index (χ0) is 18.6. The van der Waals surface area contributed by atoms with Gasteiger partial charge in [0.2, 0.25) is 0 Å². The summed E-state index contributed by atoms with van der Waals surface area (Å²) in [6.45, 7) is 1.32. The summed E-state index contributed by atoms with van der Waals surface area (Å²) in [7, 11) is 0. The van der Waals surface area contributed by atoms with Crippen LogP contribution in [0.4, 0.5) is 10.1 Å². The predicted octanol–water partition coefficient (Wildman–Crippen LogP) is 3.93. The van der Waals surface area contributed by atoms with Gasteiger partial charge in [0.15, 0.2) is 0 Å². The minimum absolute atomic E-state index is 0.0445. The number of halogens is 1. The van der Waals surface area contributed by atoms with Crippen LogP contribution in [0.3, 0.4) is 0 Å². The molecule has 0 aliphatic carbocycles. The molecule has 1 aliphatic rings. The highest BCUT2D eigenvalue weighted by molar-refractivity contribution is 5.98. The molecule has 5 nitrogen and oxygen atoms in total. The van der Waals surface area contributed by atoms with Crippen LogP contribution in [0.1, 0.15) is 23.3 Å². The minimum Gasteiger partial charge on any atom is -0.381 e. The normalized spacial score (nSPS) is 16.9. The molecular weight excluding hydrogens is 343 g/mol. The molecule has 1 unspecified atom stereocenters. The third-order valence-corrected chi connectivity index (χ3v) is 4.82. The van der Waals surface area contributed by atoms with E-state index < -0.39 is 0 Å². The van der Waals surface area contributed by atoms with Gasteiger partial charge in [0.05, 0.1) is 6.33 Å². The lowest BCUT2D eigenvalue weighted by Gasteiger charge is -2.33. The quantitative estimate of drug-likeness (QED) is 0.737. The van der Waals surface area contributed by atoms with Crippen molar-refractivity contribution in [3.05, 3.63) is 72.4 Å². The summed E-state index contributed by atoms with van der Waals surface area (Å²) in [6.07, 6.45) is 3.45. The lowest BCUT2D eigenvalue weighted by Crippen LogP contribution is -2.45. The summed E-state index contributed by atoms with van der Waals surface area (Å²) in [6, 6.07) is 16.1. The molecular formula is C21H21FN4O. The molecule has 138 valence electrons. The van der Waals surface area contributed by atoms with E-state index in [0.717, 1.165) is 24.1 Å². The Morgan fingerprint density at radius 1 is 1.15 bits per heavy atom. The van der Waals surface area contributed by atoms with E-state index in [-0.39, 0.29) is 17.8 Å². The average Bonchev–Trinajstić information content (AvgIpc) is 3.20. The van der Waals surface area contributed by atoms with E-state index >= 15 is 0 Å². The Morgan fingerprint density at radius 2 is 1.93 bits per heavy atom. The lowest BCUT2D eigenvalue weighted by molar-refractivity contribution is 0.0710. The fourth-order valence-corrected chi connectivity index (χ4v) is 3.49. The first-order valence-electron chi connectivity index (χ1n) is 9.11. The number of H-pyrrole nitrogens is 1. The van der Waals surface area contributed by atoms with Gasteiger partial charge in [-0.3, -0.25) is 4.79 Å². The highest BCUT2D eigenvalue weighted by Gasteiger charge is 2.27. The predicted molar refractivity (Wildman–Crippen MR) is 103 cm³/mol. The Balaban J connectivity index is 1.48. The first-order chi connectivity index (χ1) is 13.2. The summed E-state index contributed by atoms with van der Waals surface area (Å²) >= 11 is 0. The van der Waals surface area contributed by atoms with Gasteiger partial charge in [-0.05, 0) is 37.1 Å². The van der Waals surface area contributed by atoms with Crippen molar-refractivity contribution < 1.29 is 9.18 Å². The molecule has 1 aromatic heterocycles. The molecule has 1 fully saturated rings. The number of carbonyl (C=O) groups excluding carboxylic acids is 1. The molecule has 27 heavy (non-hydrogen) atoms. The maximum atomic E-state index is 13.1. The number of hydrogen-bond donors (Lipinski definition) is 2. The topological polar surface area (TPSA) is 61.0 Å². The van der Waals surface area contributed by atoms with Crippen LogP contribution in [0.2, 0.25) is 0 Å². The van der Waals surface area contributed by atoms with Crippen LogP contribution < -0.4 is 5.32 Å². The summed E-state index contributed by atoms with van der Waals surface area (Å²) in [5.74, 6) is -0.300. The molecule has 1 amide bonds. The molecule has 6 heteroatoms. The van der Waals surface area contributed by atoms with E-state index in [2.05, 4.69) is 15.3 Å². The maximum absolute atomic E-state index is 13.1. The van der Waals surface area contributed by atoms with Crippen LogP contribution in [-0.2, 0) is 0 Å². The number of aromatic amines is 1. The van der Waals surface area contributed by atoms with Gasteiger partial charge >= 0.3 is 0 Å². The van der Waals surface area contributed by atoms with Crippen LogP contribution in [0.5, 0.6) is 0 Å². The van der Waals surface area contributed by atoms with E-state index in [9.17, 15) is 9.18 Å². The summed E-state index contributed by atoms with van der Waals surface area (Å²) < 4.78 is 13.1. The molecule has 4 rings (SSSR count). The summed E-state index contributed by atoms with van der Waals surface area (Å²) in [5.41, 5.74) is 2.97. The van der Waals surface area contributed by atoms with Gasteiger partial charge in [-0.15, -0.1) is 0 Å². The molecule has 3 aromatic rings. The van der Waals surface area contributed by atoms with Crippen LogP contribution in [0.25, 0.3) is 11.3 Å². The number of benzene rings is 2. The van der Waals surface area contributed by atoms with Crippen LogP contribution in [0.15, 0.2) is 60.9 Å². The van der Waals surface area contributed by atoms with Gasteiger partial charge in [-0.1, -0.05) is 30.3 Å². The maximum Gasteiger partial charge on any atom is 0.272 e. The standard InChI is InChI=1S/C21H21FN4O/c22-16-8-10-17(11-9-16)25-18-7-4-12-26(13-18)21(27)20-19(23-14-24-20)15-5-2-1-3-6-15/h1-3,5-6,8-11,14,18,25H,4,7,12-13H2,(H,23,24). The number of nitrogens with zero attached hydrogens (tertiary/aromatic N) is 2. The van der Waals surface area contributed by atoms with E-state index in [1.807, 2.05) is 35.2 Å². The first kappa shape index (κ1) is 17.3. The Morgan fingerprint density at radius 3 is 2.70 bits per heavy atom. The Kier molecular flexibility index (Phi) is 4.87. The molecule has 0 radical (unpaired) electrons. The third-order valence-electron chi connectivity index (χ3n) is 4.82. The second-order valence-electron chi connectivity index (χ2n) is 6.73. The van der Waals surface area contributed by atoms with Crippen molar-refractivity contribution in [2.45, 2.75) is 18.9 Å². The fourth-order valence-electron chi connectivity index (χ4n) is 3.49. The number of carbonyl (C=O) groups is 1. The molecule has 2 heterocycles. The zero-order valence-electron chi connectivity index (χ0n) is 14.9. The summed E-state index contributed by atoms with van der Waals surface area (Å²) in [4.78, 5) is 22.3.